The van der Waals surface area contributed by atoms with Crippen LogP contribution in [0.1, 0.15) is 31.4 Å². The van der Waals surface area contributed by atoms with Gasteiger partial charge in [-0.15, -0.1) is 0 Å². The molecule has 2 unspecified atom stereocenters. The SMILES string of the molecule is Cc1cccc(N2OC3C=CC2CCCC3)n1. The van der Waals surface area contributed by atoms with Gasteiger partial charge in [-0.3, -0.25) is 4.84 Å². The van der Waals surface area contributed by atoms with Crippen molar-refractivity contribution >= 4 is 5.82 Å². The molecule has 4 rings (SSSR count). The Morgan fingerprint density at radius 3 is 3.00 bits per heavy atom. The van der Waals surface area contributed by atoms with Crippen molar-refractivity contribution in [3.8, 4) is 0 Å². The molecule has 3 heteroatoms. The van der Waals surface area contributed by atoms with Gasteiger partial charge in [0.05, 0.1) is 6.04 Å². The lowest BCUT2D eigenvalue weighted by atomic mass is 9.99. The monoisotopic (exact) mass is 230 g/mol. The van der Waals surface area contributed by atoms with E-state index in [1.807, 2.05) is 30.2 Å². The molecule has 90 valence electrons. The molecule has 2 atom stereocenters. The number of pyridine rings is 1. The summed E-state index contributed by atoms with van der Waals surface area (Å²) in [5.41, 5.74) is 1.04. The highest BCUT2D eigenvalue weighted by Gasteiger charge is 2.28. The Morgan fingerprint density at radius 2 is 2.12 bits per heavy atom. The fraction of sp³-hybridized carbons (Fsp3) is 0.500. The highest BCUT2D eigenvalue weighted by Crippen LogP contribution is 2.28. The molecule has 1 fully saturated rings. The summed E-state index contributed by atoms with van der Waals surface area (Å²) in [5.74, 6) is 0.936. The Balaban J connectivity index is 1.90. The molecule has 0 spiro atoms. The second kappa shape index (κ2) is 4.49. The standard InChI is InChI=1S/C14H18N2O/c1-11-5-4-8-14(15-11)16-12-6-2-3-7-13(17-16)10-9-12/h4-5,8-10,12-13H,2-3,6-7H2,1H3. The predicted octanol–water partition coefficient (Wildman–Crippen LogP) is 3.01. The van der Waals surface area contributed by atoms with Gasteiger partial charge < -0.3 is 0 Å². The first kappa shape index (κ1) is 10.8. The normalized spacial score (nSPS) is 27.9. The zero-order valence-corrected chi connectivity index (χ0v) is 10.2. The summed E-state index contributed by atoms with van der Waals surface area (Å²) in [6.07, 6.45) is 9.52. The molecule has 2 aliphatic heterocycles. The minimum absolute atomic E-state index is 0.230. The van der Waals surface area contributed by atoms with E-state index in [2.05, 4.69) is 17.1 Å². The number of nitrogens with zero attached hydrogens (tertiary/aromatic N) is 2. The second-order valence-electron chi connectivity index (χ2n) is 4.84. The van der Waals surface area contributed by atoms with Gasteiger partial charge in [0.15, 0.2) is 5.82 Å². The molecular formula is C14H18N2O. The van der Waals surface area contributed by atoms with Crippen LogP contribution in [0.3, 0.4) is 0 Å². The Bertz CT molecular complexity index is 430. The molecule has 1 aromatic heterocycles. The molecule has 17 heavy (non-hydrogen) atoms. The number of hydroxylamine groups is 1. The number of anilines is 1. The summed E-state index contributed by atoms with van der Waals surface area (Å²) < 4.78 is 0. The number of rotatable bonds is 1. The topological polar surface area (TPSA) is 25.4 Å². The molecule has 3 aliphatic rings. The van der Waals surface area contributed by atoms with E-state index in [4.69, 9.17) is 4.84 Å². The zero-order chi connectivity index (χ0) is 11.7. The molecule has 1 aliphatic carbocycles. The predicted molar refractivity (Wildman–Crippen MR) is 67.7 cm³/mol. The average molecular weight is 230 g/mol. The Kier molecular flexibility index (Phi) is 2.85. The minimum Gasteiger partial charge on any atom is -0.264 e. The average Bonchev–Trinajstić information content (AvgIpc) is 2.29. The van der Waals surface area contributed by atoms with Crippen LogP contribution in [-0.4, -0.2) is 17.1 Å². The van der Waals surface area contributed by atoms with E-state index in [-0.39, 0.29) is 6.10 Å². The third-order valence-electron chi connectivity index (χ3n) is 3.44. The van der Waals surface area contributed by atoms with E-state index < -0.39 is 0 Å². The summed E-state index contributed by atoms with van der Waals surface area (Å²) in [7, 11) is 0. The minimum atomic E-state index is 0.230. The van der Waals surface area contributed by atoms with Crippen LogP contribution in [0.25, 0.3) is 0 Å². The summed E-state index contributed by atoms with van der Waals surface area (Å²) in [6, 6.07) is 6.43. The molecule has 0 aromatic carbocycles. The van der Waals surface area contributed by atoms with Crippen molar-refractivity contribution in [3.63, 3.8) is 0 Å². The number of aromatic nitrogens is 1. The lowest BCUT2D eigenvalue weighted by molar-refractivity contribution is 0.0237. The lowest BCUT2D eigenvalue weighted by Gasteiger charge is -2.37. The summed E-state index contributed by atoms with van der Waals surface area (Å²) in [5, 5.41) is 2.00. The van der Waals surface area contributed by atoms with Crippen molar-refractivity contribution in [2.24, 2.45) is 0 Å². The number of hydrogen-bond donors (Lipinski definition) is 0. The van der Waals surface area contributed by atoms with Crippen molar-refractivity contribution in [2.75, 3.05) is 5.06 Å². The number of fused-ring (bicyclic) bond motifs is 4. The van der Waals surface area contributed by atoms with Gasteiger partial charge in [0, 0.05) is 5.69 Å². The Labute approximate surface area is 102 Å². The van der Waals surface area contributed by atoms with Crippen molar-refractivity contribution < 1.29 is 4.84 Å². The van der Waals surface area contributed by atoms with Gasteiger partial charge in [-0.2, -0.15) is 0 Å². The number of hydrogen-bond acceptors (Lipinski definition) is 3. The highest BCUT2D eigenvalue weighted by atomic mass is 16.7. The maximum absolute atomic E-state index is 6.02. The van der Waals surface area contributed by atoms with Gasteiger partial charge in [-0.05, 0) is 31.9 Å². The first-order chi connectivity index (χ1) is 8.33. The van der Waals surface area contributed by atoms with E-state index in [0.717, 1.165) is 24.4 Å². The van der Waals surface area contributed by atoms with Crippen LogP contribution < -0.4 is 5.06 Å². The van der Waals surface area contributed by atoms with Gasteiger partial charge >= 0.3 is 0 Å². The maximum Gasteiger partial charge on any atom is 0.153 e. The van der Waals surface area contributed by atoms with E-state index >= 15 is 0 Å². The molecular weight excluding hydrogens is 212 g/mol. The van der Waals surface area contributed by atoms with Crippen LogP contribution in [0.2, 0.25) is 0 Å². The Morgan fingerprint density at radius 1 is 1.24 bits per heavy atom. The van der Waals surface area contributed by atoms with Crippen molar-refractivity contribution in [1.82, 2.24) is 4.98 Å². The molecule has 0 saturated carbocycles. The van der Waals surface area contributed by atoms with E-state index in [0.29, 0.717) is 6.04 Å². The first-order valence-electron chi connectivity index (χ1n) is 6.41. The van der Waals surface area contributed by atoms with E-state index in [1.54, 1.807) is 0 Å². The zero-order valence-electron chi connectivity index (χ0n) is 10.2. The summed E-state index contributed by atoms with van der Waals surface area (Å²) >= 11 is 0. The van der Waals surface area contributed by atoms with Crippen molar-refractivity contribution in [2.45, 2.75) is 44.8 Å². The van der Waals surface area contributed by atoms with Crippen LogP contribution in [0.15, 0.2) is 30.4 Å². The van der Waals surface area contributed by atoms with Gasteiger partial charge in [0.25, 0.3) is 0 Å². The Hall–Kier alpha value is -1.35. The molecule has 0 radical (unpaired) electrons. The third kappa shape index (κ3) is 2.20. The summed E-state index contributed by atoms with van der Waals surface area (Å²) in [6.45, 7) is 2.02. The van der Waals surface area contributed by atoms with Crippen LogP contribution in [0, 0.1) is 6.92 Å². The third-order valence-corrected chi connectivity index (χ3v) is 3.44. The lowest BCUT2D eigenvalue weighted by Crippen LogP contribution is -2.42. The van der Waals surface area contributed by atoms with E-state index in [1.165, 1.54) is 12.8 Å². The molecule has 3 heterocycles. The summed E-state index contributed by atoms with van der Waals surface area (Å²) in [4.78, 5) is 10.6. The van der Waals surface area contributed by atoms with Crippen LogP contribution in [0.4, 0.5) is 5.82 Å². The second-order valence-corrected chi connectivity index (χ2v) is 4.84. The van der Waals surface area contributed by atoms with Crippen molar-refractivity contribution in [1.29, 1.82) is 0 Å². The van der Waals surface area contributed by atoms with E-state index in [9.17, 15) is 0 Å². The molecule has 3 nitrogen and oxygen atoms in total. The van der Waals surface area contributed by atoms with Crippen LogP contribution in [-0.2, 0) is 4.84 Å². The fourth-order valence-electron chi connectivity index (χ4n) is 2.53. The number of aryl methyl sites for hydroxylation is 1. The quantitative estimate of drug-likeness (QED) is 0.693. The van der Waals surface area contributed by atoms with Gasteiger partial charge in [0.1, 0.15) is 6.10 Å². The molecule has 1 saturated heterocycles. The largest absolute Gasteiger partial charge is 0.264 e. The molecule has 2 bridgehead atoms. The van der Waals surface area contributed by atoms with Gasteiger partial charge in [-0.1, -0.05) is 31.1 Å². The van der Waals surface area contributed by atoms with Gasteiger partial charge in [-0.25, -0.2) is 10.0 Å². The molecule has 0 N–H and O–H groups in total. The van der Waals surface area contributed by atoms with Crippen LogP contribution in [0.5, 0.6) is 0 Å². The van der Waals surface area contributed by atoms with Crippen LogP contribution >= 0.6 is 0 Å². The highest BCUT2D eigenvalue weighted by molar-refractivity contribution is 5.40. The van der Waals surface area contributed by atoms with Gasteiger partial charge in [0.2, 0.25) is 0 Å². The molecule has 1 aromatic rings. The fourth-order valence-corrected chi connectivity index (χ4v) is 2.53. The first-order valence-corrected chi connectivity index (χ1v) is 6.41. The van der Waals surface area contributed by atoms with Crippen molar-refractivity contribution in [3.05, 3.63) is 36.0 Å². The smallest absolute Gasteiger partial charge is 0.153 e. The maximum atomic E-state index is 6.02. The molecule has 0 amide bonds.